The second kappa shape index (κ2) is 5.18. The van der Waals surface area contributed by atoms with E-state index in [1.165, 1.54) is 4.68 Å². The molecule has 0 saturated carbocycles. The summed E-state index contributed by atoms with van der Waals surface area (Å²) in [5, 5.41) is 6.27. The first-order valence-electron chi connectivity index (χ1n) is 7.23. The molecule has 0 N–H and O–H groups in total. The first-order valence-corrected chi connectivity index (χ1v) is 8.43. The minimum absolute atomic E-state index is 0.0838. The topological polar surface area (TPSA) is 34.9 Å². The van der Waals surface area contributed by atoms with Crippen LogP contribution in [0.15, 0.2) is 47.3 Å². The van der Waals surface area contributed by atoms with Gasteiger partial charge in [0.2, 0.25) is 0 Å². The molecule has 23 heavy (non-hydrogen) atoms. The van der Waals surface area contributed by atoms with Crippen molar-refractivity contribution < 1.29 is 0 Å². The summed E-state index contributed by atoms with van der Waals surface area (Å²) in [6.07, 6.45) is 0. The van der Waals surface area contributed by atoms with Gasteiger partial charge in [-0.25, -0.2) is 0 Å². The number of benzene rings is 2. The van der Waals surface area contributed by atoms with Gasteiger partial charge in [-0.1, -0.05) is 23.2 Å². The molecule has 4 rings (SSSR count). The molecule has 114 valence electrons. The van der Waals surface area contributed by atoms with Crippen LogP contribution in [0.4, 0.5) is 0 Å². The largest absolute Gasteiger partial charge is 0.282 e. The Labute approximate surface area is 142 Å². The lowest BCUT2D eigenvalue weighted by Crippen LogP contribution is -2.14. The lowest BCUT2D eigenvalue weighted by atomic mass is 10.1. The Morgan fingerprint density at radius 3 is 2.57 bits per heavy atom. The second-order valence-corrected chi connectivity index (χ2v) is 7.27. The van der Waals surface area contributed by atoms with E-state index in [-0.39, 0.29) is 5.56 Å². The van der Waals surface area contributed by atoms with E-state index < -0.39 is 0 Å². The maximum Gasteiger partial charge on any atom is 0.282 e. The fourth-order valence-corrected chi connectivity index (χ4v) is 3.94. The van der Waals surface area contributed by atoms with Crippen LogP contribution in [-0.2, 0) is 0 Å². The molecular weight excluding hydrogens is 328 g/mol. The molecule has 2 aliphatic rings. The molecule has 0 spiro atoms. The van der Waals surface area contributed by atoms with Crippen molar-refractivity contribution in [3.63, 3.8) is 0 Å². The van der Waals surface area contributed by atoms with Crippen molar-refractivity contribution in [2.45, 2.75) is 13.8 Å². The van der Waals surface area contributed by atoms with Crippen molar-refractivity contribution >= 4 is 33.0 Å². The van der Waals surface area contributed by atoms with Gasteiger partial charge in [-0.05, 0) is 50.2 Å². The smallest absolute Gasteiger partial charge is 0.267 e. The van der Waals surface area contributed by atoms with E-state index in [4.69, 9.17) is 11.6 Å². The number of fused-ring (bicyclic) bond motifs is 3. The molecule has 2 aromatic carbocycles. The van der Waals surface area contributed by atoms with Crippen LogP contribution < -0.4 is 5.56 Å². The zero-order valence-corrected chi connectivity index (χ0v) is 14.2. The van der Waals surface area contributed by atoms with Gasteiger partial charge < -0.3 is 0 Å². The van der Waals surface area contributed by atoms with Gasteiger partial charge in [-0.15, -0.1) is 11.3 Å². The first-order chi connectivity index (χ1) is 11.0. The standard InChI is InChI=1S/C18H13ClN2OS/c1-10-3-8-15-14(9-10)17-16(11(2)23-15)18(22)21(20-17)13-6-4-12(19)5-7-13/h3-9H,1-2H3. The maximum atomic E-state index is 12.8. The van der Waals surface area contributed by atoms with E-state index in [1.807, 2.05) is 26.0 Å². The van der Waals surface area contributed by atoms with Crippen LogP contribution in [0.2, 0.25) is 5.02 Å². The fraction of sp³-hybridized carbons (Fsp3) is 0.111. The number of nitrogens with zero attached hydrogens (tertiary/aromatic N) is 2. The molecule has 3 nitrogen and oxygen atoms in total. The molecule has 0 radical (unpaired) electrons. The Kier molecular flexibility index (Phi) is 3.25. The summed E-state index contributed by atoms with van der Waals surface area (Å²) in [7, 11) is 0. The van der Waals surface area contributed by atoms with Gasteiger partial charge in [0, 0.05) is 20.0 Å². The van der Waals surface area contributed by atoms with Gasteiger partial charge in [0.1, 0.15) is 5.69 Å². The predicted octanol–water partition coefficient (Wildman–Crippen LogP) is 4.82. The first kappa shape index (κ1) is 14.4. The molecule has 0 aromatic heterocycles. The summed E-state index contributed by atoms with van der Waals surface area (Å²) in [5.74, 6) is 0. The highest BCUT2D eigenvalue weighted by Gasteiger charge is 2.22. The van der Waals surface area contributed by atoms with Gasteiger partial charge in [-0.3, -0.25) is 4.79 Å². The molecule has 2 heterocycles. The van der Waals surface area contributed by atoms with E-state index in [0.717, 1.165) is 31.9 Å². The Morgan fingerprint density at radius 1 is 1.09 bits per heavy atom. The Balaban J connectivity index is 2.10. The summed E-state index contributed by atoms with van der Waals surface area (Å²) in [6.45, 7) is 4.02. The van der Waals surface area contributed by atoms with E-state index >= 15 is 0 Å². The van der Waals surface area contributed by atoms with Crippen molar-refractivity contribution in [2.24, 2.45) is 0 Å². The monoisotopic (exact) mass is 340 g/mol. The van der Waals surface area contributed by atoms with Crippen LogP contribution in [0.5, 0.6) is 0 Å². The quantitative estimate of drug-likeness (QED) is 0.498. The van der Waals surface area contributed by atoms with Gasteiger partial charge in [0.15, 0.2) is 0 Å². The molecule has 0 atom stereocenters. The molecule has 2 aromatic rings. The summed E-state index contributed by atoms with van der Waals surface area (Å²) in [5.41, 5.74) is 3.26. The lowest BCUT2D eigenvalue weighted by molar-refractivity contribution is 0.859. The third-order valence-corrected chi connectivity index (χ3v) is 5.26. The Morgan fingerprint density at radius 2 is 1.83 bits per heavy atom. The van der Waals surface area contributed by atoms with Crippen molar-refractivity contribution in [2.75, 3.05) is 0 Å². The Hall–Kier alpha value is -2.17. The van der Waals surface area contributed by atoms with Crippen LogP contribution in [-0.4, -0.2) is 9.78 Å². The molecule has 5 heteroatoms. The fourth-order valence-electron chi connectivity index (χ4n) is 2.80. The number of hydrogen-bond acceptors (Lipinski definition) is 3. The van der Waals surface area contributed by atoms with Crippen LogP contribution >= 0.6 is 22.9 Å². The lowest BCUT2D eigenvalue weighted by Gasteiger charge is -2.05. The highest BCUT2D eigenvalue weighted by molar-refractivity contribution is 7.18. The molecule has 2 aliphatic heterocycles. The SMILES string of the molecule is Cc1ccc2sc(C)c3c(=O)n(-c4ccc(Cl)cc4)nc-3c2c1. The molecule has 0 unspecified atom stereocenters. The normalized spacial score (nSPS) is 11.4. The van der Waals surface area contributed by atoms with E-state index in [1.54, 1.807) is 23.5 Å². The van der Waals surface area contributed by atoms with Gasteiger partial charge in [-0.2, -0.15) is 9.78 Å². The molecule has 0 bridgehead atoms. The molecular formula is C18H13ClN2OS. The van der Waals surface area contributed by atoms with Crippen LogP contribution in [0, 0.1) is 13.8 Å². The zero-order chi connectivity index (χ0) is 16.1. The molecule has 0 fully saturated rings. The minimum Gasteiger partial charge on any atom is -0.267 e. The van der Waals surface area contributed by atoms with Crippen molar-refractivity contribution in [1.82, 2.24) is 9.78 Å². The molecule has 0 saturated heterocycles. The number of aryl methyl sites for hydroxylation is 2. The van der Waals surface area contributed by atoms with Crippen molar-refractivity contribution in [1.29, 1.82) is 0 Å². The highest BCUT2D eigenvalue weighted by atomic mass is 35.5. The van der Waals surface area contributed by atoms with Crippen LogP contribution in [0.1, 0.15) is 10.4 Å². The van der Waals surface area contributed by atoms with E-state index in [0.29, 0.717) is 10.6 Å². The maximum absolute atomic E-state index is 12.8. The van der Waals surface area contributed by atoms with E-state index in [9.17, 15) is 4.79 Å². The highest BCUT2D eigenvalue weighted by Crippen LogP contribution is 2.35. The molecule has 0 aliphatic carbocycles. The summed E-state index contributed by atoms with van der Waals surface area (Å²) in [6, 6.07) is 13.4. The average molecular weight is 341 g/mol. The predicted molar refractivity (Wildman–Crippen MR) is 96.3 cm³/mol. The number of hydrogen-bond donors (Lipinski definition) is 0. The number of halogens is 1. The van der Waals surface area contributed by atoms with Crippen molar-refractivity contribution in [3.05, 3.63) is 68.3 Å². The summed E-state index contributed by atoms with van der Waals surface area (Å²) >= 11 is 7.56. The van der Waals surface area contributed by atoms with Crippen LogP contribution in [0.3, 0.4) is 0 Å². The summed E-state index contributed by atoms with van der Waals surface area (Å²) < 4.78 is 2.60. The number of aromatic nitrogens is 2. The van der Waals surface area contributed by atoms with Crippen LogP contribution in [0.25, 0.3) is 27.0 Å². The second-order valence-electron chi connectivity index (χ2n) is 5.57. The molecule has 0 amide bonds. The van der Waals surface area contributed by atoms with E-state index in [2.05, 4.69) is 23.3 Å². The minimum atomic E-state index is -0.0838. The number of rotatable bonds is 1. The zero-order valence-electron chi connectivity index (χ0n) is 12.6. The third-order valence-electron chi connectivity index (χ3n) is 3.92. The third kappa shape index (κ3) is 2.26. The summed E-state index contributed by atoms with van der Waals surface area (Å²) in [4.78, 5) is 13.8. The van der Waals surface area contributed by atoms with Gasteiger partial charge >= 0.3 is 0 Å². The Bertz CT molecular complexity index is 1060. The average Bonchev–Trinajstić information content (AvgIpc) is 2.88. The van der Waals surface area contributed by atoms with Gasteiger partial charge in [0.25, 0.3) is 5.56 Å². The van der Waals surface area contributed by atoms with Gasteiger partial charge in [0.05, 0.1) is 11.3 Å². The van der Waals surface area contributed by atoms with Crippen molar-refractivity contribution in [3.8, 4) is 16.9 Å².